The zero-order valence-corrected chi connectivity index (χ0v) is 25.4. The van der Waals surface area contributed by atoms with E-state index in [1.165, 1.54) is 24.3 Å². The lowest BCUT2D eigenvalue weighted by Crippen LogP contribution is -2.28. The third-order valence-corrected chi connectivity index (χ3v) is 12.1. The van der Waals surface area contributed by atoms with Gasteiger partial charge < -0.3 is 4.57 Å². The number of allylic oxidation sites excluding steroid dienone is 12. The number of aryl methyl sites for hydroxylation is 1. The molecule has 5 nitrogen and oxygen atoms in total. The summed E-state index contributed by atoms with van der Waals surface area (Å²) < 4.78 is 15.3. The van der Waals surface area contributed by atoms with Crippen LogP contribution in [0.2, 0.25) is 0 Å². The van der Waals surface area contributed by atoms with E-state index in [-0.39, 0.29) is 29.1 Å². The molecule has 0 saturated carbocycles. The van der Waals surface area contributed by atoms with Crippen LogP contribution in [0.15, 0.2) is 113 Å². The van der Waals surface area contributed by atoms with Crippen molar-refractivity contribution in [1.29, 1.82) is 0 Å². The van der Waals surface area contributed by atoms with Crippen LogP contribution in [0.3, 0.4) is 0 Å². The smallest absolute Gasteiger partial charge is 0.179 e. The van der Waals surface area contributed by atoms with E-state index in [1.54, 1.807) is 6.08 Å². The fourth-order valence-electron chi connectivity index (χ4n) is 6.87. The highest BCUT2D eigenvalue weighted by atomic mass is 31.2. The number of Topliss-reactive ketones (excluding diaryl/α,β-unsaturated/α-hetero) is 1. The maximum Gasteiger partial charge on any atom is 0.179 e. The van der Waals surface area contributed by atoms with Crippen LogP contribution in [0.25, 0.3) is 5.57 Å². The normalized spacial score (nSPS) is 23.4. The standard InChI is InChI=1S/C37H33O5P/c1-22-12-14-29-34(18-22)43(42,27-8-5-4-6-9-27)35-21-26(38)13-15-30(35)37(29)36-23(2)19-25(20-24(36)3)31(39)11-7-10-28-32(40)16-17-33(28)41/h4-6,8-9,12-19,21,25,28H,7,10-11,20H2,1-3H3/t25?,43-/m0/s1. The van der Waals surface area contributed by atoms with Crippen molar-refractivity contribution in [2.24, 2.45) is 11.8 Å². The summed E-state index contributed by atoms with van der Waals surface area (Å²) in [7, 11) is -3.36. The van der Waals surface area contributed by atoms with E-state index in [2.05, 4.69) is 0 Å². The maximum atomic E-state index is 15.3. The predicted molar refractivity (Wildman–Crippen MR) is 170 cm³/mol. The first kappa shape index (κ1) is 28.9. The molecule has 1 heterocycles. The van der Waals surface area contributed by atoms with Crippen molar-refractivity contribution < 1.29 is 23.7 Å². The summed E-state index contributed by atoms with van der Waals surface area (Å²) in [6.45, 7) is 6.03. The number of carbonyl (C=O) groups excluding carboxylic acids is 4. The van der Waals surface area contributed by atoms with Crippen molar-refractivity contribution in [2.45, 2.75) is 46.5 Å². The maximum absolute atomic E-state index is 15.3. The van der Waals surface area contributed by atoms with Crippen LogP contribution in [0.5, 0.6) is 0 Å². The minimum atomic E-state index is -3.36. The van der Waals surface area contributed by atoms with Gasteiger partial charge in [-0.15, -0.1) is 0 Å². The van der Waals surface area contributed by atoms with Crippen molar-refractivity contribution in [2.75, 3.05) is 0 Å². The van der Waals surface area contributed by atoms with E-state index in [1.807, 2.05) is 75.4 Å². The molecule has 6 heteroatoms. The van der Waals surface area contributed by atoms with Crippen molar-refractivity contribution in [3.05, 3.63) is 124 Å². The van der Waals surface area contributed by atoms with E-state index in [9.17, 15) is 19.2 Å². The van der Waals surface area contributed by atoms with Crippen LogP contribution < -0.4 is 10.6 Å². The van der Waals surface area contributed by atoms with Gasteiger partial charge in [0.25, 0.3) is 0 Å². The number of benzene rings is 2. The summed E-state index contributed by atoms with van der Waals surface area (Å²) in [5, 5.41) is 1.97. The molecular formula is C37H33O5P. The summed E-state index contributed by atoms with van der Waals surface area (Å²) in [6.07, 6.45) is 11.3. The highest BCUT2D eigenvalue weighted by Gasteiger charge is 2.43. The predicted octanol–water partition coefficient (Wildman–Crippen LogP) is 6.45. The topological polar surface area (TPSA) is 85.3 Å². The zero-order chi connectivity index (χ0) is 30.5. The second-order valence-electron chi connectivity index (χ2n) is 11.9. The molecule has 216 valence electrons. The molecule has 1 aliphatic heterocycles. The Bertz CT molecular complexity index is 1830. The van der Waals surface area contributed by atoms with E-state index in [0.717, 1.165) is 44.3 Å². The van der Waals surface area contributed by atoms with Crippen LogP contribution in [0.4, 0.5) is 0 Å². The number of ketones is 4. The molecule has 0 amide bonds. The van der Waals surface area contributed by atoms with Gasteiger partial charge in [0, 0.05) is 28.3 Å². The first-order valence-electron chi connectivity index (χ1n) is 14.7. The van der Waals surface area contributed by atoms with Gasteiger partial charge in [0.15, 0.2) is 24.5 Å². The van der Waals surface area contributed by atoms with Crippen LogP contribution in [-0.4, -0.2) is 23.1 Å². The molecule has 2 aromatic rings. The SMILES string of the molecule is CC1=CC(C(=O)CCCC2C(=O)C=CC2=O)CC(C)=C1C1=C2C=CC(=O)C=C2[P@](=O)(c2ccccc2)c2cc(C)ccc21. The van der Waals surface area contributed by atoms with Gasteiger partial charge >= 0.3 is 0 Å². The van der Waals surface area contributed by atoms with Crippen molar-refractivity contribution >= 4 is 46.5 Å². The Morgan fingerprint density at radius 1 is 0.884 bits per heavy atom. The van der Waals surface area contributed by atoms with Crippen LogP contribution in [0, 0.1) is 18.8 Å². The fourth-order valence-corrected chi connectivity index (χ4v) is 10.0. The molecule has 0 spiro atoms. The molecule has 43 heavy (non-hydrogen) atoms. The van der Waals surface area contributed by atoms with E-state index in [4.69, 9.17) is 0 Å². The summed E-state index contributed by atoms with van der Waals surface area (Å²) in [5.74, 6) is -1.37. The molecule has 1 unspecified atom stereocenters. The fraction of sp³-hybridized carbons (Fsp3) is 0.243. The van der Waals surface area contributed by atoms with Crippen LogP contribution in [0.1, 0.15) is 50.7 Å². The minimum Gasteiger partial charge on any atom is -0.309 e. The quantitative estimate of drug-likeness (QED) is 0.274. The third kappa shape index (κ3) is 4.96. The molecule has 2 atom stereocenters. The van der Waals surface area contributed by atoms with Crippen molar-refractivity contribution in [1.82, 2.24) is 0 Å². The Balaban J connectivity index is 1.38. The van der Waals surface area contributed by atoms with Gasteiger partial charge in [-0.2, -0.15) is 0 Å². The van der Waals surface area contributed by atoms with Crippen molar-refractivity contribution in [3.8, 4) is 0 Å². The van der Waals surface area contributed by atoms with E-state index >= 15 is 4.57 Å². The highest BCUT2D eigenvalue weighted by molar-refractivity contribution is 7.83. The van der Waals surface area contributed by atoms with Gasteiger partial charge in [0.2, 0.25) is 0 Å². The van der Waals surface area contributed by atoms with E-state index < -0.39 is 13.1 Å². The molecule has 0 radical (unpaired) electrons. The monoisotopic (exact) mass is 588 g/mol. The minimum absolute atomic E-state index is 0.0956. The molecule has 4 aliphatic rings. The number of carbonyl (C=O) groups is 4. The molecule has 3 aliphatic carbocycles. The third-order valence-electron chi connectivity index (χ3n) is 8.94. The van der Waals surface area contributed by atoms with Crippen LogP contribution >= 0.6 is 7.14 Å². The lowest BCUT2D eigenvalue weighted by molar-refractivity contribution is -0.127. The molecule has 0 fully saturated rings. The summed E-state index contributed by atoms with van der Waals surface area (Å²) in [4.78, 5) is 49.9. The Morgan fingerprint density at radius 2 is 1.60 bits per heavy atom. The average Bonchev–Trinajstić information content (AvgIpc) is 3.31. The summed E-state index contributed by atoms with van der Waals surface area (Å²) >= 11 is 0. The lowest BCUT2D eigenvalue weighted by atomic mass is 9.76. The first-order valence-corrected chi connectivity index (χ1v) is 16.4. The molecule has 0 saturated heterocycles. The number of hydrogen-bond donors (Lipinski definition) is 0. The first-order chi connectivity index (χ1) is 20.6. The Morgan fingerprint density at radius 3 is 2.30 bits per heavy atom. The van der Waals surface area contributed by atoms with Gasteiger partial charge in [-0.3, -0.25) is 19.2 Å². The second-order valence-corrected chi connectivity index (χ2v) is 14.6. The lowest BCUT2D eigenvalue weighted by Gasteiger charge is -2.36. The van der Waals surface area contributed by atoms with Gasteiger partial charge in [0.05, 0.1) is 5.92 Å². The average molecular weight is 589 g/mol. The Kier molecular flexibility index (Phi) is 7.48. The molecular weight excluding hydrogens is 555 g/mol. The molecule has 2 aromatic carbocycles. The zero-order valence-electron chi connectivity index (χ0n) is 24.6. The molecule has 0 aromatic heterocycles. The van der Waals surface area contributed by atoms with Crippen molar-refractivity contribution in [3.63, 3.8) is 0 Å². The van der Waals surface area contributed by atoms with Crippen LogP contribution in [-0.2, 0) is 23.7 Å². The van der Waals surface area contributed by atoms with E-state index in [0.29, 0.717) is 36.3 Å². The van der Waals surface area contributed by atoms with Gasteiger partial charge in [0.1, 0.15) is 5.78 Å². The Hall–Kier alpha value is -4.21. The van der Waals surface area contributed by atoms with Gasteiger partial charge in [-0.1, -0.05) is 59.7 Å². The molecule has 0 bridgehead atoms. The molecule has 0 N–H and O–H groups in total. The second kappa shape index (κ2) is 11.1. The largest absolute Gasteiger partial charge is 0.309 e. The highest BCUT2D eigenvalue weighted by Crippen LogP contribution is 2.62. The summed E-state index contributed by atoms with van der Waals surface area (Å²) in [5.41, 5.74) is 6.63. The molecule has 6 rings (SSSR count). The number of hydrogen-bond acceptors (Lipinski definition) is 5. The van der Waals surface area contributed by atoms with Gasteiger partial charge in [-0.05, 0) is 104 Å². The Labute approximate surface area is 251 Å². The number of rotatable bonds is 7. The summed E-state index contributed by atoms with van der Waals surface area (Å²) in [6, 6.07) is 15.5. The number of fused-ring (bicyclic) bond motifs is 2. The van der Waals surface area contributed by atoms with Gasteiger partial charge in [-0.25, -0.2) is 0 Å².